The van der Waals surface area contributed by atoms with Crippen molar-refractivity contribution in [1.82, 2.24) is 9.97 Å². The van der Waals surface area contributed by atoms with Gasteiger partial charge in [-0.3, -0.25) is 14.6 Å². The second-order valence-electron chi connectivity index (χ2n) is 4.28. The van der Waals surface area contributed by atoms with Crippen LogP contribution >= 0.6 is 0 Å². The molecule has 0 radical (unpaired) electrons. The molecule has 0 saturated heterocycles. The molecule has 1 amide bonds. The van der Waals surface area contributed by atoms with Crippen molar-refractivity contribution in [2.45, 2.75) is 0 Å². The van der Waals surface area contributed by atoms with Crippen LogP contribution in [0.5, 0.6) is 0 Å². The van der Waals surface area contributed by atoms with Crippen molar-refractivity contribution < 1.29 is 4.79 Å². The molecular formula is C15H11N3O2. The average molecular weight is 265 g/mol. The van der Waals surface area contributed by atoms with Crippen LogP contribution in [0, 0.1) is 0 Å². The maximum Gasteiger partial charge on any atom is 0.261 e. The molecular weight excluding hydrogens is 254 g/mol. The Morgan fingerprint density at radius 2 is 2.10 bits per heavy atom. The van der Waals surface area contributed by atoms with Gasteiger partial charge < -0.3 is 10.3 Å². The summed E-state index contributed by atoms with van der Waals surface area (Å²) in [5.74, 6) is -0.434. The first-order valence-corrected chi connectivity index (χ1v) is 6.07. The fourth-order valence-corrected chi connectivity index (χ4v) is 2.01. The Morgan fingerprint density at radius 1 is 1.20 bits per heavy atom. The predicted molar refractivity (Wildman–Crippen MR) is 76.8 cm³/mol. The van der Waals surface area contributed by atoms with E-state index in [1.807, 2.05) is 18.2 Å². The number of hydrogen-bond acceptors (Lipinski definition) is 3. The van der Waals surface area contributed by atoms with E-state index in [1.54, 1.807) is 18.5 Å². The van der Waals surface area contributed by atoms with E-state index in [2.05, 4.69) is 15.3 Å². The van der Waals surface area contributed by atoms with Crippen LogP contribution in [-0.4, -0.2) is 15.9 Å². The number of amides is 1. The number of aromatic nitrogens is 2. The lowest BCUT2D eigenvalue weighted by Crippen LogP contribution is -2.20. The molecule has 0 fully saturated rings. The predicted octanol–water partition coefficient (Wildman–Crippen LogP) is 2.18. The third-order valence-corrected chi connectivity index (χ3v) is 3.00. The monoisotopic (exact) mass is 265 g/mol. The summed E-state index contributed by atoms with van der Waals surface area (Å²) in [6, 6.07) is 8.67. The first kappa shape index (κ1) is 12.1. The summed E-state index contributed by atoms with van der Waals surface area (Å²) in [5.41, 5.74) is 0.417. The van der Waals surface area contributed by atoms with Crippen molar-refractivity contribution in [2.24, 2.45) is 0 Å². The molecule has 1 aromatic carbocycles. The van der Waals surface area contributed by atoms with Crippen LogP contribution in [0.2, 0.25) is 0 Å². The molecule has 0 spiro atoms. The summed E-state index contributed by atoms with van der Waals surface area (Å²) in [4.78, 5) is 30.5. The normalized spacial score (nSPS) is 10.4. The number of aromatic amines is 1. The Bertz CT molecular complexity index is 834. The van der Waals surface area contributed by atoms with Crippen LogP contribution in [0.3, 0.4) is 0 Å². The van der Waals surface area contributed by atoms with Gasteiger partial charge in [0.1, 0.15) is 5.56 Å². The number of fused-ring (bicyclic) bond motifs is 1. The van der Waals surface area contributed by atoms with E-state index in [4.69, 9.17) is 0 Å². The number of carbonyl (C=O) groups is 1. The van der Waals surface area contributed by atoms with Gasteiger partial charge in [-0.2, -0.15) is 0 Å². The summed E-state index contributed by atoms with van der Waals surface area (Å²) in [5, 5.41) is 4.56. The molecule has 2 aromatic heterocycles. The zero-order valence-corrected chi connectivity index (χ0v) is 10.5. The van der Waals surface area contributed by atoms with Crippen molar-refractivity contribution in [3.05, 3.63) is 70.9 Å². The Balaban J connectivity index is 2.00. The molecule has 2 heterocycles. The number of hydrogen-bond donors (Lipinski definition) is 2. The standard InChI is InChI=1S/C15H11N3O2/c19-14-5-7-17-9-12(14)15(20)18-13-3-1-2-10-8-16-6-4-11(10)13/h1-9H,(H,17,19)(H,18,20). The highest BCUT2D eigenvalue weighted by Crippen LogP contribution is 2.22. The molecule has 3 aromatic rings. The number of anilines is 1. The van der Waals surface area contributed by atoms with Gasteiger partial charge in [0, 0.05) is 47.3 Å². The van der Waals surface area contributed by atoms with Gasteiger partial charge in [-0.15, -0.1) is 0 Å². The Morgan fingerprint density at radius 3 is 2.95 bits per heavy atom. The van der Waals surface area contributed by atoms with Crippen molar-refractivity contribution in [3.63, 3.8) is 0 Å². The summed E-state index contributed by atoms with van der Waals surface area (Å²) in [7, 11) is 0. The van der Waals surface area contributed by atoms with Gasteiger partial charge in [-0.25, -0.2) is 0 Å². The number of rotatable bonds is 2. The first-order chi connectivity index (χ1) is 9.75. The van der Waals surface area contributed by atoms with Crippen molar-refractivity contribution >= 4 is 22.4 Å². The third-order valence-electron chi connectivity index (χ3n) is 3.00. The maximum atomic E-state index is 12.1. The van der Waals surface area contributed by atoms with Crippen molar-refractivity contribution in [2.75, 3.05) is 5.32 Å². The highest BCUT2D eigenvalue weighted by Gasteiger charge is 2.11. The molecule has 0 aliphatic rings. The van der Waals surface area contributed by atoms with Crippen LogP contribution in [-0.2, 0) is 0 Å². The van der Waals surface area contributed by atoms with Crippen LogP contribution in [0.15, 0.2) is 59.9 Å². The molecule has 0 saturated carbocycles. The third kappa shape index (κ3) is 2.16. The molecule has 0 bridgehead atoms. The zero-order valence-electron chi connectivity index (χ0n) is 10.5. The smallest absolute Gasteiger partial charge is 0.261 e. The number of nitrogens with one attached hydrogen (secondary N) is 2. The van der Waals surface area contributed by atoms with Gasteiger partial charge in [0.15, 0.2) is 5.43 Å². The number of nitrogens with zero attached hydrogens (tertiary/aromatic N) is 1. The number of carbonyl (C=O) groups excluding carboxylic acids is 1. The fraction of sp³-hybridized carbons (Fsp3) is 0. The highest BCUT2D eigenvalue weighted by molar-refractivity contribution is 6.08. The zero-order chi connectivity index (χ0) is 13.9. The minimum absolute atomic E-state index is 0.0820. The van der Waals surface area contributed by atoms with E-state index in [0.29, 0.717) is 5.69 Å². The van der Waals surface area contributed by atoms with Crippen LogP contribution in [0.4, 0.5) is 5.69 Å². The quantitative estimate of drug-likeness (QED) is 0.745. The van der Waals surface area contributed by atoms with Gasteiger partial charge in [0.2, 0.25) is 0 Å². The van der Waals surface area contributed by atoms with Crippen LogP contribution < -0.4 is 10.7 Å². The summed E-state index contributed by atoms with van der Waals surface area (Å²) in [6.45, 7) is 0. The molecule has 0 aliphatic carbocycles. The lowest BCUT2D eigenvalue weighted by atomic mass is 10.1. The van der Waals surface area contributed by atoms with E-state index >= 15 is 0 Å². The van der Waals surface area contributed by atoms with Gasteiger partial charge in [-0.1, -0.05) is 12.1 Å². The molecule has 5 nitrogen and oxygen atoms in total. The largest absolute Gasteiger partial charge is 0.367 e. The van der Waals surface area contributed by atoms with Crippen LogP contribution in [0.1, 0.15) is 10.4 Å². The topological polar surface area (TPSA) is 74.8 Å². The van der Waals surface area contributed by atoms with E-state index < -0.39 is 5.91 Å². The SMILES string of the molecule is O=C(Nc1cccc2cnccc12)c1c[nH]ccc1=O. The molecule has 0 aliphatic heterocycles. The van der Waals surface area contributed by atoms with Gasteiger partial charge in [0.05, 0.1) is 0 Å². The van der Waals surface area contributed by atoms with Crippen molar-refractivity contribution in [3.8, 4) is 0 Å². The average Bonchev–Trinajstić information content (AvgIpc) is 2.48. The molecule has 0 unspecified atom stereocenters. The van der Waals surface area contributed by atoms with Gasteiger partial charge >= 0.3 is 0 Å². The fourth-order valence-electron chi connectivity index (χ4n) is 2.01. The molecule has 2 N–H and O–H groups in total. The molecule has 3 rings (SSSR count). The number of H-pyrrole nitrogens is 1. The lowest BCUT2D eigenvalue weighted by Gasteiger charge is -2.07. The highest BCUT2D eigenvalue weighted by atomic mass is 16.2. The lowest BCUT2D eigenvalue weighted by molar-refractivity contribution is 0.102. The number of benzene rings is 1. The molecule has 5 heteroatoms. The Labute approximate surface area is 114 Å². The van der Waals surface area contributed by atoms with E-state index in [-0.39, 0.29) is 11.0 Å². The summed E-state index contributed by atoms with van der Waals surface area (Å²) >= 11 is 0. The van der Waals surface area contributed by atoms with E-state index in [9.17, 15) is 9.59 Å². The first-order valence-electron chi connectivity index (χ1n) is 6.07. The molecule has 98 valence electrons. The van der Waals surface area contributed by atoms with Gasteiger partial charge in [0.25, 0.3) is 5.91 Å². The minimum atomic E-state index is -0.434. The van der Waals surface area contributed by atoms with Gasteiger partial charge in [-0.05, 0) is 12.1 Å². The van der Waals surface area contributed by atoms with E-state index in [0.717, 1.165) is 10.8 Å². The maximum absolute atomic E-state index is 12.1. The second kappa shape index (κ2) is 4.97. The van der Waals surface area contributed by atoms with Crippen LogP contribution in [0.25, 0.3) is 10.8 Å². The Kier molecular flexibility index (Phi) is 3.01. The molecule has 20 heavy (non-hydrogen) atoms. The number of pyridine rings is 2. The molecule has 0 atom stereocenters. The summed E-state index contributed by atoms with van der Waals surface area (Å²) < 4.78 is 0. The van der Waals surface area contributed by atoms with Crippen molar-refractivity contribution in [1.29, 1.82) is 0 Å². The Hall–Kier alpha value is -2.95. The van der Waals surface area contributed by atoms with E-state index in [1.165, 1.54) is 18.5 Å². The minimum Gasteiger partial charge on any atom is -0.367 e. The second-order valence-corrected chi connectivity index (χ2v) is 4.28. The summed E-state index contributed by atoms with van der Waals surface area (Å²) in [6.07, 6.45) is 6.26.